The lowest BCUT2D eigenvalue weighted by molar-refractivity contribution is 0.383. The highest BCUT2D eigenvalue weighted by molar-refractivity contribution is 7.89. The van der Waals surface area contributed by atoms with Crippen LogP contribution in [0.2, 0.25) is 0 Å². The Bertz CT molecular complexity index is 616. The van der Waals surface area contributed by atoms with Gasteiger partial charge in [-0.15, -0.1) is 0 Å². The molecular weight excluding hydrogens is 276 g/mol. The van der Waals surface area contributed by atoms with Crippen molar-refractivity contribution >= 4 is 21.4 Å². The number of rotatable bonds is 3. The van der Waals surface area contributed by atoms with E-state index in [9.17, 15) is 8.42 Å². The summed E-state index contributed by atoms with van der Waals surface area (Å²) < 4.78 is 25.6. The molecule has 1 unspecified atom stereocenters. The van der Waals surface area contributed by atoms with Gasteiger partial charge in [-0.3, -0.25) is 0 Å². The van der Waals surface area contributed by atoms with Crippen LogP contribution in [0.15, 0.2) is 24.3 Å². The summed E-state index contributed by atoms with van der Waals surface area (Å²) >= 11 is 0. The Kier molecular flexibility index (Phi) is 4.16. The summed E-state index contributed by atoms with van der Waals surface area (Å²) in [5.74, 6) is 0. The summed E-state index contributed by atoms with van der Waals surface area (Å²) in [4.78, 5) is 2.10. The zero-order valence-electron chi connectivity index (χ0n) is 11.4. The fourth-order valence-electron chi connectivity index (χ4n) is 2.21. The number of benzene rings is 1. The van der Waals surface area contributed by atoms with Gasteiger partial charge in [-0.2, -0.15) is 9.57 Å². The average Bonchev–Trinajstić information content (AvgIpc) is 2.46. The van der Waals surface area contributed by atoms with Crippen molar-refractivity contribution < 1.29 is 8.42 Å². The molecule has 0 bridgehead atoms. The molecule has 0 spiro atoms. The van der Waals surface area contributed by atoms with E-state index in [1.807, 2.05) is 24.3 Å². The molecule has 20 heavy (non-hydrogen) atoms. The van der Waals surface area contributed by atoms with Crippen LogP contribution in [-0.2, 0) is 10.0 Å². The van der Waals surface area contributed by atoms with Crippen molar-refractivity contribution in [2.45, 2.75) is 12.2 Å². The number of hydrogen-bond acceptors (Lipinski definition) is 5. The van der Waals surface area contributed by atoms with E-state index in [1.165, 1.54) is 11.2 Å². The maximum Gasteiger partial charge on any atom is 0.230 e. The predicted octanol–water partition coefficient (Wildman–Crippen LogP) is 0.633. The maximum atomic E-state index is 12.1. The van der Waals surface area contributed by atoms with Crippen LogP contribution in [0.3, 0.4) is 0 Å². The lowest BCUT2D eigenvalue weighted by Crippen LogP contribution is -2.50. The van der Waals surface area contributed by atoms with E-state index in [-0.39, 0.29) is 0 Å². The molecule has 7 heteroatoms. The van der Waals surface area contributed by atoms with Crippen LogP contribution in [0.25, 0.3) is 0 Å². The molecular formula is C13H18N4O2S. The monoisotopic (exact) mass is 294 g/mol. The Morgan fingerprint density at radius 1 is 1.30 bits per heavy atom. The average molecular weight is 294 g/mol. The normalized spacial score (nSPS) is 18.5. The number of nitrogen functional groups attached to an aromatic ring is 1. The van der Waals surface area contributed by atoms with E-state index in [0.29, 0.717) is 31.9 Å². The first-order valence-corrected chi connectivity index (χ1v) is 7.94. The summed E-state index contributed by atoms with van der Waals surface area (Å²) in [6.07, 6.45) is 0. The number of sulfonamides is 1. The van der Waals surface area contributed by atoms with Gasteiger partial charge in [-0.05, 0) is 25.1 Å². The SMILES string of the molecule is CC(C#N)S(=O)(=O)N1CCN(c2cccc(N)c2)CC1. The van der Waals surface area contributed by atoms with Gasteiger partial charge in [0.1, 0.15) is 0 Å². The third-order valence-corrected chi connectivity index (χ3v) is 5.55. The Balaban J connectivity index is 2.05. The Morgan fingerprint density at radius 3 is 2.50 bits per heavy atom. The third-order valence-electron chi connectivity index (χ3n) is 3.46. The highest BCUT2D eigenvalue weighted by Crippen LogP contribution is 2.20. The number of piperazine rings is 1. The largest absolute Gasteiger partial charge is 0.399 e. The Morgan fingerprint density at radius 2 is 1.95 bits per heavy atom. The predicted molar refractivity (Wildman–Crippen MR) is 78.6 cm³/mol. The Hall–Kier alpha value is -1.78. The molecule has 0 aliphatic carbocycles. The molecule has 1 heterocycles. The first kappa shape index (κ1) is 14.6. The van der Waals surface area contributed by atoms with Crippen molar-refractivity contribution in [3.63, 3.8) is 0 Å². The first-order chi connectivity index (χ1) is 9.45. The molecule has 0 amide bonds. The van der Waals surface area contributed by atoms with Crippen molar-refractivity contribution in [3.8, 4) is 6.07 Å². The molecule has 1 aliphatic heterocycles. The molecule has 108 valence electrons. The topological polar surface area (TPSA) is 90.4 Å². The summed E-state index contributed by atoms with van der Waals surface area (Å²) in [7, 11) is -3.51. The van der Waals surface area contributed by atoms with Gasteiger partial charge in [-0.25, -0.2) is 8.42 Å². The number of nitriles is 1. The van der Waals surface area contributed by atoms with Crippen LogP contribution in [0.1, 0.15) is 6.92 Å². The maximum absolute atomic E-state index is 12.1. The molecule has 1 atom stereocenters. The fourth-order valence-corrected chi connectivity index (χ4v) is 3.47. The van der Waals surface area contributed by atoms with Crippen LogP contribution < -0.4 is 10.6 Å². The summed E-state index contributed by atoms with van der Waals surface area (Å²) in [6, 6.07) is 9.33. The minimum Gasteiger partial charge on any atom is -0.399 e. The number of anilines is 2. The van der Waals surface area contributed by atoms with E-state index in [2.05, 4.69) is 4.90 Å². The zero-order chi connectivity index (χ0) is 14.8. The van der Waals surface area contributed by atoms with Crippen LogP contribution in [0.5, 0.6) is 0 Å². The van der Waals surface area contributed by atoms with Crippen molar-refractivity contribution in [1.82, 2.24) is 4.31 Å². The molecule has 1 aliphatic rings. The van der Waals surface area contributed by atoms with Crippen molar-refractivity contribution in [1.29, 1.82) is 5.26 Å². The van der Waals surface area contributed by atoms with Crippen molar-refractivity contribution in [2.75, 3.05) is 36.8 Å². The minimum atomic E-state index is -3.51. The van der Waals surface area contributed by atoms with E-state index in [0.717, 1.165) is 5.69 Å². The minimum absolute atomic E-state index is 0.392. The second-order valence-electron chi connectivity index (χ2n) is 4.80. The molecule has 0 saturated carbocycles. The summed E-state index contributed by atoms with van der Waals surface area (Å²) in [5, 5.41) is 7.78. The molecule has 1 aromatic rings. The molecule has 0 aromatic heterocycles. The highest BCUT2D eigenvalue weighted by Gasteiger charge is 2.31. The van der Waals surface area contributed by atoms with E-state index >= 15 is 0 Å². The van der Waals surface area contributed by atoms with Gasteiger partial charge in [0.05, 0.1) is 6.07 Å². The van der Waals surface area contributed by atoms with Crippen molar-refractivity contribution in [3.05, 3.63) is 24.3 Å². The van der Waals surface area contributed by atoms with Gasteiger partial charge in [0, 0.05) is 37.6 Å². The fraction of sp³-hybridized carbons (Fsp3) is 0.462. The van der Waals surface area contributed by atoms with E-state index in [1.54, 1.807) is 6.07 Å². The zero-order valence-corrected chi connectivity index (χ0v) is 12.2. The second kappa shape index (κ2) is 5.69. The molecule has 0 radical (unpaired) electrons. The van der Waals surface area contributed by atoms with E-state index < -0.39 is 15.3 Å². The molecule has 2 rings (SSSR count). The smallest absolute Gasteiger partial charge is 0.230 e. The van der Waals surface area contributed by atoms with Gasteiger partial charge < -0.3 is 10.6 Å². The van der Waals surface area contributed by atoms with Gasteiger partial charge >= 0.3 is 0 Å². The Labute approximate surface area is 119 Å². The van der Waals surface area contributed by atoms with Gasteiger partial charge in [0.2, 0.25) is 10.0 Å². The quantitative estimate of drug-likeness (QED) is 0.826. The van der Waals surface area contributed by atoms with Gasteiger partial charge in [0.15, 0.2) is 5.25 Å². The van der Waals surface area contributed by atoms with Crippen LogP contribution >= 0.6 is 0 Å². The second-order valence-corrected chi connectivity index (χ2v) is 7.05. The molecule has 1 saturated heterocycles. The summed E-state index contributed by atoms with van der Waals surface area (Å²) in [5.41, 5.74) is 7.44. The standard InChI is InChI=1S/C13H18N4O2S/c1-11(10-14)20(18,19)17-7-5-16(6-8-17)13-4-2-3-12(15)9-13/h2-4,9,11H,5-8,15H2,1H3. The van der Waals surface area contributed by atoms with Crippen LogP contribution in [-0.4, -0.2) is 44.2 Å². The first-order valence-electron chi connectivity index (χ1n) is 6.44. The van der Waals surface area contributed by atoms with Crippen LogP contribution in [0, 0.1) is 11.3 Å². The third kappa shape index (κ3) is 2.86. The number of nitrogens with two attached hydrogens (primary N) is 1. The van der Waals surface area contributed by atoms with Crippen molar-refractivity contribution in [2.24, 2.45) is 0 Å². The molecule has 1 aromatic carbocycles. The summed E-state index contributed by atoms with van der Waals surface area (Å²) in [6.45, 7) is 3.40. The molecule has 2 N–H and O–H groups in total. The lowest BCUT2D eigenvalue weighted by Gasteiger charge is -2.35. The van der Waals surface area contributed by atoms with Crippen LogP contribution in [0.4, 0.5) is 11.4 Å². The highest BCUT2D eigenvalue weighted by atomic mass is 32.2. The van der Waals surface area contributed by atoms with Gasteiger partial charge in [-0.1, -0.05) is 6.07 Å². The number of nitrogens with zero attached hydrogens (tertiary/aromatic N) is 3. The lowest BCUT2D eigenvalue weighted by atomic mass is 10.2. The molecule has 6 nitrogen and oxygen atoms in total. The number of hydrogen-bond donors (Lipinski definition) is 1. The van der Waals surface area contributed by atoms with E-state index in [4.69, 9.17) is 11.0 Å². The van der Waals surface area contributed by atoms with Gasteiger partial charge in [0.25, 0.3) is 0 Å². The molecule has 1 fully saturated rings.